The van der Waals surface area contributed by atoms with Crippen LogP contribution in [0, 0.1) is 27.7 Å². The minimum Gasteiger partial charge on any atom is -0.377 e. The Balaban J connectivity index is 0.000000135. The number of aryl methyl sites for hydroxylation is 4. The number of hydrogen-bond donors (Lipinski definition) is 4. The van der Waals surface area contributed by atoms with E-state index in [1.807, 2.05) is 122 Å². The lowest BCUT2D eigenvalue weighted by Gasteiger charge is -2.50. The van der Waals surface area contributed by atoms with E-state index < -0.39 is 69.9 Å². The third kappa shape index (κ3) is 21.7. The molecule has 20 rings (SSSR count). The van der Waals surface area contributed by atoms with Crippen LogP contribution in [0.3, 0.4) is 0 Å². The number of carbonyl (C=O) groups excluding carboxylic acids is 8. The molecule has 4 unspecified atom stereocenters. The molecule has 4 N–H and O–H groups in total. The monoisotopic (exact) mass is 2040 g/mol. The van der Waals surface area contributed by atoms with Crippen molar-refractivity contribution in [3.05, 3.63) is 257 Å². The van der Waals surface area contributed by atoms with Crippen molar-refractivity contribution < 1.29 is 92.4 Å². The third-order valence-electron chi connectivity index (χ3n) is 27.0. The molecule has 4 saturated heterocycles. The van der Waals surface area contributed by atoms with Crippen molar-refractivity contribution in [2.24, 2.45) is 0 Å². The predicted octanol–water partition coefficient (Wildman–Crippen LogP) is 17.3. The number of hydrogen-bond acceptors (Lipinski definition) is 25. The van der Waals surface area contributed by atoms with E-state index in [9.17, 15) is 73.5 Å². The second-order valence-electron chi connectivity index (χ2n) is 37.6. The number of nitrogens with one attached hydrogen (secondary N) is 4. The molecule has 8 amide bonds. The first-order chi connectivity index (χ1) is 71.0. The van der Waals surface area contributed by atoms with E-state index in [1.54, 1.807) is 74.8 Å². The summed E-state index contributed by atoms with van der Waals surface area (Å²) in [6.45, 7) is 29.1. The smallest absolute Gasteiger partial charge is 0.377 e. The van der Waals surface area contributed by atoms with Gasteiger partial charge in [-0.1, -0.05) is 18.2 Å². The maximum atomic E-state index is 14.3. The number of aromatic nitrogens is 9. The number of halogens is 8. The van der Waals surface area contributed by atoms with Crippen molar-refractivity contribution in [2.75, 3.05) is 166 Å². The molecular formula is C108H109F8N21O12. The van der Waals surface area contributed by atoms with Gasteiger partial charge in [0.1, 0.15) is 40.7 Å². The Kier molecular flexibility index (Phi) is 29.9. The minimum atomic E-state index is -4.55. The van der Waals surface area contributed by atoms with E-state index in [-0.39, 0.29) is 64.0 Å². The Hall–Kier alpha value is -15.8. The van der Waals surface area contributed by atoms with Gasteiger partial charge in [0.25, 0.3) is 59.1 Å². The Labute approximate surface area is 853 Å². The Morgan fingerprint density at radius 3 is 1.09 bits per heavy atom. The number of fused-ring (bicyclic) bond motifs is 12. The normalized spacial score (nSPS) is 17.8. The summed E-state index contributed by atoms with van der Waals surface area (Å²) in [5, 5.41) is 11.1. The highest BCUT2D eigenvalue weighted by atomic mass is 19.4. The van der Waals surface area contributed by atoms with Crippen molar-refractivity contribution in [3.8, 4) is 44.5 Å². The fraction of sp³-hybridized carbons (Fsp3) is 0.343. The third-order valence-corrected chi connectivity index (χ3v) is 27.0. The van der Waals surface area contributed by atoms with E-state index in [2.05, 4.69) is 80.8 Å². The lowest BCUT2D eigenvalue weighted by atomic mass is 9.92. The highest BCUT2D eigenvalue weighted by Gasteiger charge is 2.51. The molecule has 0 spiro atoms. The van der Waals surface area contributed by atoms with Gasteiger partial charge in [0, 0.05) is 188 Å². The molecule has 774 valence electrons. The van der Waals surface area contributed by atoms with E-state index in [0.29, 0.717) is 168 Å². The topological polar surface area (TPSA) is 364 Å². The molecule has 0 saturated carbocycles. The van der Waals surface area contributed by atoms with Crippen LogP contribution >= 0.6 is 0 Å². The number of amides is 8. The average Bonchev–Trinajstić information content (AvgIpc) is 0.719. The fourth-order valence-corrected chi connectivity index (χ4v) is 19.1. The zero-order valence-corrected chi connectivity index (χ0v) is 84.0. The average molecular weight is 2050 g/mol. The number of pyridine rings is 9. The summed E-state index contributed by atoms with van der Waals surface area (Å²) in [6.07, 6.45) is 9.13. The molecule has 0 bridgehead atoms. The lowest BCUT2D eigenvalue weighted by molar-refractivity contribution is -0.137. The molecule has 41 heteroatoms. The first kappa shape index (κ1) is 105. The van der Waals surface area contributed by atoms with Gasteiger partial charge in [-0.3, -0.25) is 82.9 Å². The van der Waals surface area contributed by atoms with Crippen molar-refractivity contribution in [1.82, 2.24) is 44.9 Å². The number of alkyl halides is 8. The second kappa shape index (κ2) is 42.6. The maximum Gasteiger partial charge on any atom is 0.416 e. The molecule has 33 nitrogen and oxygen atoms in total. The van der Waals surface area contributed by atoms with Crippen LogP contribution in [0.25, 0.3) is 44.5 Å². The molecule has 12 aromatic rings. The number of morpholine rings is 4. The van der Waals surface area contributed by atoms with Gasteiger partial charge < -0.3 is 59.8 Å². The number of benzene rings is 3. The second-order valence-corrected chi connectivity index (χ2v) is 37.6. The van der Waals surface area contributed by atoms with Crippen LogP contribution in [0.2, 0.25) is 0 Å². The largest absolute Gasteiger partial charge is 0.416 e. The highest BCUT2D eigenvalue weighted by Crippen LogP contribution is 2.48. The standard InChI is InChI=1S/C28H29F2N5O3.C27H27F2N5O3.C27H29FN6O3.C26H24F3N5O3/c1-5-34-24-22(35-10-11-38-16-27(35,3)26(34)37)12-19(15-32-24)21-14-20(7-6-17(21)2)33-25(36)18-8-9-31-23(13-18)28(4,29)30;1-4-33-24-21(34-9-10-37-15-22(34)26(33)36)11-18(14-31-24)20-13-19(6-5-16(20)2)32-25(35)17-7-8-30-23(12-17)27(3,28)29;1-5-33-24-21(34-8-9-37-15-22(34)26(33)36)10-18(13-31-24)20-12-19(14-30-16(20)2)32-25(35)17-6-7-29-23(11-17)27(3,4)28;1-3-33-23-21(34-7-8-37-14-22(34)25(33)36)10-17(12-31-23)20-11-19(13-30-15(20)2)32-24(35)16-5-4-6-18(9-16)26(27,28)29/h6-9,12-15H,5,10-11,16H2,1-4H3,(H,33,36);5-8,11-14,22H,4,9-10,15H2,1-3H3,(H,32,35);6-7,10-14,22H,5,8-9,15H2,1-4H3,(H,32,35);4-6,9-13,22H,3,7-8,14H2,1-2H3,(H,32,35). The summed E-state index contributed by atoms with van der Waals surface area (Å²) in [5.41, 5.74) is 11.3. The molecule has 9 aromatic heterocycles. The number of likely N-dealkylation sites (N-methyl/N-ethyl adjacent to an activating group) is 4. The van der Waals surface area contributed by atoms with Gasteiger partial charge in [0.15, 0.2) is 23.3 Å². The van der Waals surface area contributed by atoms with Crippen molar-refractivity contribution in [1.29, 1.82) is 0 Å². The number of anilines is 12. The van der Waals surface area contributed by atoms with Crippen LogP contribution in [0.4, 0.5) is 104 Å². The first-order valence-electron chi connectivity index (χ1n) is 48.6. The van der Waals surface area contributed by atoms with Crippen LogP contribution in [-0.2, 0) is 61.8 Å². The SMILES string of the molecule is CCN1C(=O)C2(C)COCCN2c2cc(-c3cc(NC(=O)c4ccnc(C(C)(F)F)c4)ccc3C)cnc21.CCN1C(=O)C2COCCN2c2cc(-c3cc(NC(=O)c4cccc(C(F)(F)F)c4)cnc3C)cnc21.CCN1C(=O)C2COCCN2c2cc(-c3cc(NC(=O)c4ccnc(C(C)(C)F)c4)cnc3C)cnc21.CCN1C(=O)C2COCCN2c2cc(-c3cc(NC(=O)c4ccnc(C(C)(F)F)c4)ccc3C)cnc21. The molecule has 8 aliphatic heterocycles. The van der Waals surface area contributed by atoms with E-state index in [4.69, 9.17) is 18.9 Å². The highest BCUT2D eigenvalue weighted by molar-refractivity contribution is 6.12. The lowest BCUT2D eigenvalue weighted by Crippen LogP contribution is -2.67. The van der Waals surface area contributed by atoms with Crippen LogP contribution in [-0.4, -0.2) is 221 Å². The van der Waals surface area contributed by atoms with Crippen molar-refractivity contribution >= 4 is 116 Å². The molecular weight excluding hydrogens is 1940 g/mol. The minimum absolute atomic E-state index is 0.00655. The quantitative estimate of drug-likeness (QED) is 0.0546. The Morgan fingerprint density at radius 1 is 0.376 bits per heavy atom. The summed E-state index contributed by atoms with van der Waals surface area (Å²) >= 11 is 0. The summed E-state index contributed by atoms with van der Waals surface area (Å²) in [7, 11) is 0. The van der Waals surface area contributed by atoms with Gasteiger partial charge in [-0.05, 0) is 214 Å². The number of ether oxygens (including phenoxy) is 4. The molecule has 17 heterocycles. The Bertz CT molecular complexity index is 6730. The number of nitrogens with zero attached hydrogens (tertiary/aromatic N) is 17. The molecule has 8 aliphatic rings. The van der Waals surface area contributed by atoms with E-state index >= 15 is 0 Å². The zero-order valence-electron chi connectivity index (χ0n) is 84.0. The first-order valence-corrected chi connectivity index (χ1v) is 48.6. The van der Waals surface area contributed by atoms with Gasteiger partial charge in [-0.15, -0.1) is 0 Å². The van der Waals surface area contributed by atoms with E-state index in [1.165, 1.54) is 69.0 Å². The summed E-state index contributed by atoms with van der Waals surface area (Å²) in [6, 6.07) is 33.5. The van der Waals surface area contributed by atoms with Gasteiger partial charge in [0.2, 0.25) is 0 Å². The molecule has 0 aliphatic carbocycles. The molecule has 149 heavy (non-hydrogen) atoms. The van der Waals surface area contributed by atoms with Gasteiger partial charge in [0.05, 0.1) is 111 Å². The van der Waals surface area contributed by atoms with Crippen molar-refractivity contribution in [2.45, 2.75) is 137 Å². The molecule has 0 radical (unpaired) electrons. The molecule has 3 aromatic carbocycles. The number of rotatable bonds is 19. The summed E-state index contributed by atoms with van der Waals surface area (Å²) in [4.78, 5) is 157. The molecule has 4 atom stereocenters. The van der Waals surface area contributed by atoms with Crippen molar-refractivity contribution in [3.63, 3.8) is 0 Å². The zero-order chi connectivity index (χ0) is 106. The van der Waals surface area contributed by atoms with Crippen LogP contribution in [0.15, 0.2) is 189 Å². The maximum absolute atomic E-state index is 14.3. The van der Waals surface area contributed by atoms with Crippen LogP contribution in [0.5, 0.6) is 0 Å². The van der Waals surface area contributed by atoms with Gasteiger partial charge in [-0.2, -0.15) is 30.7 Å². The Morgan fingerprint density at radius 2 is 0.718 bits per heavy atom. The van der Waals surface area contributed by atoms with Crippen LogP contribution < -0.4 is 60.5 Å². The van der Waals surface area contributed by atoms with Gasteiger partial charge >= 0.3 is 6.18 Å². The van der Waals surface area contributed by atoms with Gasteiger partial charge in [-0.25, -0.2) is 24.3 Å². The van der Waals surface area contributed by atoms with E-state index in [0.717, 1.165) is 117 Å². The molecule has 4 fully saturated rings. The summed E-state index contributed by atoms with van der Waals surface area (Å²) in [5.74, 6) is -6.06. The fourth-order valence-electron chi connectivity index (χ4n) is 19.1. The number of carbonyl (C=O) groups is 8. The summed E-state index contributed by atoms with van der Waals surface area (Å²) < 4.78 is 131. The predicted molar refractivity (Wildman–Crippen MR) is 547 cm³/mol. The van der Waals surface area contributed by atoms with Crippen LogP contribution in [0.1, 0.15) is 149 Å².